The molecule has 0 radical (unpaired) electrons. The maximum Gasteiger partial charge on any atom is 0.328 e. The minimum Gasteiger partial charge on any atom is -0.503 e. The molecule has 1 aromatic carbocycles. The molecule has 1 aliphatic carbocycles. The van der Waals surface area contributed by atoms with Gasteiger partial charge in [0.1, 0.15) is 10.5 Å². The first-order valence-electron chi connectivity index (χ1n) is 8.95. The van der Waals surface area contributed by atoms with Crippen molar-refractivity contribution < 1.29 is 23.5 Å². The first kappa shape index (κ1) is 18.7. The molecular weight excluding hydrogens is 390 g/mol. The lowest BCUT2D eigenvalue weighted by molar-refractivity contribution is -0.130. The van der Waals surface area contributed by atoms with Crippen LogP contribution in [-0.4, -0.2) is 48.6 Å². The van der Waals surface area contributed by atoms with Crippen LogP contribution in [-0.2, 0) is 11.3 Å². The normalized spacial score (nSPS) is 19.0. The maximum absolute atomic E-state index is 14.1. The summed E-state index contributed by atoms with van der Waals surface area (Å²) in [5.41, 5.74) is -0.875. The highest BCUT2D eigenvalue weighted by Gasteiger charge is 2.65. The fraction of sp³-hybridized carbons (Fsp3) is 0.444. The van der Waals surface area contributed by atoms with E-state index < -0.39 is 22.9 Å². The summed E-state index contributed by atoms with van der Waals surface area (Å²) in [7, 11) is 0. The van der Waals surface area contributed by atoms with Crippen LogP contribution in [0, 0.1) is 11.6 Å². The number of amides is 3. The van der Waals surface area contributed by atoms with Gasteiger partial charge in [-0.25, -0.2) is 13.6 Å². The molecule has 0 bridgehead atoms. The van der Waals surface area contributed by atoms with E-state index >= 15 is 0 Å². The second-order valence-corrected chi connectivity index (χ2v) is 8.15. The monoisotopic (exact) mass is 408 g/mol. The van der Waals surface area contributed by atoms with Gasteiger partial charge in [-0.2, -0.15) is 0 Å². The van der Waals surface area contributed by atoms with Crippen molar-refractivity contribution in [2.75, 3.05) is 0 Å². The smallest absolute Gasteiger partial charge is 0.328 e. The summed E-state index contributed by atoms with van der Waals surface area (Å²) < 4.78 is 27.4. The van der Waals surface area contributed by atoms with Crippen LogP contribution in [0.3, 0.4) is 0 Å². The summed E-state index contributed by atoms with van der Waals surface area (Å²) >= 11 is 1.03. The number of imide groups is 1. The van der Waals surface area contributed by atoms with Gasteiger partial charge in [0.25, 0.3) is 5.91 Å². The van der Waals surface area contributed by atoms with Crippen LogP contribution >= 0.6 is 11.3 Å². The van der Waals surface area contributed by atoms with Crippen LogP contribution < -0.4 is 0 Å². The predicted molar refractivity (Wildman–Crippen MR) is 96.4 cm³/mol. The summed E-state index contributed by atoms with van der Waals surface area (Å²) in [4.78, 5) is 28.4. The lowest BCUT2D eigenvalue weighted by atomic mass is 10.2. The minimum atomic E-state index is -1.11. The molecule has 1 aliphatic heterocycles. The minimum absolute atomic E-state index is 0.0751. The van der Waals surface area contributed by atoms with Crippen LogP contribution in [0.25, 0.3) is 10.6 Å². The second-order valence-electron chi connectivity index (χ2n) is 7.09. The first-order valence-corrected chi connectivity index (χ1v) is 9.76. The van der Waals surface area contributed by atoms with Gasteiger partial charge in [0.05, 0.1) is 12.1 Å². The Morgan fingerprint density at radius 2 is 2.00 bits per heavy atom. The largest absolute Gasteiger partial charge is 0.503 e. The number of aromatic nitrogens is 2. The van der Waals surface area contributed by atoms with E-state index in [1.807, 2.05) is 13.8 Å². The molecule has 1 spiro atoms. The standard InChI is InChI=1S/C18H18F2N4O3S/c1-3-9(2)24-16(26)18(6-7-18)23(17(24)27)8-12-21-22-15(28-12)10-4-5-11(19)14(25)13(10)20/h4-5,9,25H,3,6-8H2,1-2H3/t9-/m0/s1. The molecule has 1 atom stereocenters. The van der Waals surface area contributed by atoms with Crippen LogP contribution in [0.15, 0.2) is 12.1 Å². The molecule has 2 heterocycles. The fourth-order valence-corrected chi connectivity index (χ4v) is 4.25. The third-order valence-corrected chi connectivity index (χ3v) is 6.32. The number of benzene rings is 1. The van der Waals surface area contributed by atoms with Crippen LogP contribution in [0.2, 0.25) is 0 Å². The number of halogens is 2. The number of rotatable bonds is 5. The van der Waals surface area contributed by atoms with E-state index in [2.05, 4.69) is 10.2 Å². The molecule has 2 aliphatic rings. The highest BCUT2D eigenvalue weighted by atomic mass is 32.1. The topological polar surface area (TPSA) is 86.6 Å². The van der Waals surface area contributed by atoms with Gasteiger partial charge in [0.2, 0.25) is 0 Å². The number of hydrogen-bond donors (Lipinski definition) is 1. The van der Waals surface area contributed by atoms with Gasteiger partial charge in [0, 0.05) is 6.04 Å². The lowest BCUT2D eigenvalue weighted by Crippen LogP contribution is -2.39. The maximum atomic E-state index is 14.1. The summed E-state index contributed by atoms with van der Waals surface area (Å²) in [5.74, 6) is -3.42. The number of nitrogens with zero attached hydrogens (tertiary/aromatic N) is 4. The Kier molecular flexibility index (Phi) is 4.33. The molecule has 1 N–H and O–H groups in total. The number of aromatic hydroxyl groups is 1. The summed E-state index contributed by atoms with van der Waals surface area (Å²) in [6.45, 7) is 3.84. The number of phenols is 1. The molecule has 4 rings (SSSR count). The Morgan fingerprint density at radius 1 is 1.29 bits per heavy atom. The molecule has 148 valence electrons. The van der Waals surface area contributed by atoms with Crippen molar-refractivity contribution in [1.29, 1.82) is 0 Å². The summed E-state index contributed by atoms with van der Waals surface area (Å²) in [5, 5.41) is 17.9. The van der Waals surface area contributed by atoms with Gasteiger partial charge in [-0.3, -0.25) is 9.69 Å². The Balaban J connectivity index is 1.60. The number of carbonyl (C=O) groups is 2. The Morgan fingerprint density at radius 3 is 2.64 bits per heavy atom. The van der Waals surface area contributed by atoms with Crippen molar-refractivity contribution in [3.63, 3.8) is 0 Å². The van der Waals surface area contributed by atoms with Crippen molar-refractivity contribution in [2.24, 2.45) is 0 Å². The fourth-order valence-electron chi connectivity index (χ4n) is 3.40. The zero-order valence-corrected chi connectivity index (χ0v) is 16.1. The Labute approximate surface area is 163 Å². The highest BCUT2D eigenvalue weighted by molar-refractivity contribution is 7.14. The molecule has 7 nitrogen and oxygen atoms in total. The quantitative estimate of drug-likeness (QED) is 0.768. The van der Waals surface area contributed by atoms with E-state index in [1.54, 1.807) is 0 Å². The van der Waals surface area contributed by atoms with Crippen molar-refractivity contribution in [3.8, 4) is 16.3 Å². The zero-order chi connectivity index (χ0) is 20.2. The van der Waals surface area contributed by atoms with E-state index in [1.165, 1.54) is 15.9 Å². The molecule has 28 heavy (non-hydrogen) atoms. The molecule has 2 fully saturated rings. The van der Waals surface area contributed by atoms with Gasteiger partial charge in [0.15, 0.2) is 22.4 Å². The molecular formula is C18H18F2N4O3S. The van der Waals surface area contributed by atoms with Crippen molar-refractivity contribution in [3.05, 3.63) is 28.8 Å². The molecule has 1 aromatic heterocycles. The van der Waals surface area contributed by atoms with Crippen molar-refractivity contribution >= 4 is 23.3 Å². The van der Waals surface area contributed by atoms with E-state index in [4.69, 9.17) is 0 Å². The van der Waals surface area contributed by atoms with E-state index in [9.17, 15) is 23.5 Å². The Bertz CT molecular complexity index is 976. The first-order chi connectivity index (χ1) is 13.3. The lowest BCUT2D eigenvalue weighted by Gasteiger charge is -2.21. The number of hydrogen-bond acceptors (Lipinski definition) is 6. The molecule has 0 unspecified atom stereocenters. The van der Waals surface area contributed by atoms with Gasteiger partial charge in [-0.05, 0) is 38.3 Å². The molecule has 1 saturated carbocycles. The van der Waals surface area contributed by atoms with E-state index in [-0.39, 0.29) is 35.1 Å². The van der Waals surface area contributed by atoms with Crippen LogP contribution in [0.5, 0.6) is 5.75 Å². The summed E-state index contributed by atoms with van der Waals surface area (Å²) in [6.07, 6.45) is 1.88. The van der Waals surface area contributed by atoms with Gasteiger partial charge < -0.3 is 10.0 Å². The highest BCUT2D eigenvalue weighted by Crippen LogP contribution is 2.49. The third-order valence-electron chi connectivity index (χ3n) is 5.38. The van der Waals surface area contributed by atoms with Crippen LogP contribution in [0.4, 0.5) is 13.6 Å². The average molecular weight is 408 g/mol. The molecule has 2 aromatic rings. The average Bonchev–Trinajstić information content (AvgIpc) is 3.31. The van der Waals surface area contributed by atoms with Gasteiger partial charge in [-0.1, -0.05) is 18.3 Å². The van der Waals surface area contributed by atoms with Crippen LogP contribution in [0.1, 0.15) is 38.1 Å². The van der Waals surface area contributed by atoms with Crippen molar-refractivity contribution in [1.82, 2.24) is 20.0 Å². The molecule has 1 saturated heterocycles. The van der Waals surface area contributed by atoms with Crippen molar-refractivity contribution in [2.45, 2.75) is 51.2 Å². The van der Waals surface area contributed by atoms with Gasteiger partial charge >= 0.3 is 6.03 Å². The summed E-state index contributed by atoms with van der Waals surface area (Å²) in [6, 6.07) is 1.58. The second kappa shape index (κ2) is 6.47. The number of carbonyl (C=O) groups excluding carboxylic acids is 2. The molecule has 10 heteroatoms. The Hall–Kier alpha value is -2.62. The number of phenolic OH excluding ortho intramolecular Hbond substituents is 1. The number of urea groups is 1. The van der Waals surface area contributed by atoms with Gasteiger partial charge in [-0.15, -0.1) is 10.2 Å². The van der Waals surface area contributed by atoms with E-state index in [0.717, 1.165) is 17.4 Å². The third kappa shape index (κ3) is 2.66. The molecule has 3 amide bonds. The predicted octanol–water partition coefficient (Wildman–Crippen LogP) is 3.28. The zero-order valence-electron chi connectivity index (χ0n) is 15.3. The SMILES string of the molecule is CC[C@H](C)N1C(=O)N(Cc2nnc(-c3ccc(F)c(O)c3F)s2)C2(CC2)C1=O. The van der Waals surface area contributed by atoms with E-state index in [0.29, 0.717) is 24.3 Å².